The van der Waals surface area contributed by atoms with Crippen LogP contribution in [-0.2, 0) is 10.8 Å². The molecule has 0 heterocycles. The summed E-state index contributed by atoms with van der Waals surface area (Å²) in [6, 6.07) is 4.32. The van der Waals surface area contributed by atoms with E-state index in [9.17, 15) is 8.60 Å². The van der Waals surface area contributed by atoms with Crippen molar-refractivity contribution in [2.75, 3.05) is 6.26 Å². The maximum atomic E-state index is 12.6. The summed E-state index contributed by atoms with van der Waals surface area (Å²) in [5.74, 6) is -0.334. The molecule has 0 aliphatic carbocycles. The summed E-state index contributed by atoms with van der Waals surface area (Å²) in [5, 5.41) is 0. The summed E-state index contributed by atoms with van der Waals surface area (Å²) in [7, 11) is -1.04. The summed E-state index contributed by atoms with van der Waals surface area (Å²) in [4.78, 5) is 0.623. The summed E-state index contributed by atoms with van der Waals surface area (Å²) in [5.41, 5.74) is 0. The third-order valence-electron chi connectivity index (χ3n) is 1.22. The molecule has 0 aromatic heterocycles. The highest BCUT2D eigenvalue weighted by Crippen LogP contribution is 2.18. The van der Waals surface area contributed by atoms with Gasteiger partial charge < -0.3 is 0 Å². The van der Waals surface area contributed by atoms with Crippen LogP contribution >= 0.6 is 15.9 Å². The molecule has 0 spiro atoms. The number of hydrogen-bond acceptors (Lipinski definition) is 1. The van der Waals surface area contributed by atoms with Crippen LogP contribution in [0.5, 0.6) is 0 Å². The number of rotatable bonds is 1. The van der Waals surface area contributed by atoms with Gasteiger partial charge in [0.25, 0.3) is 0 Å². The van der Waals surface area contributed by atoms with Crippen LogP contribution in [-0.4, -0.2) is 10.5 Å². The van der Waals surface area contributed by atoms with Crippen molar-refractivity contribution in [3.05, 3.63) is 28.5 Å². The zero-order valence-electron chi connectivity index (χ0n) is 5.80. The molecule has 1 atom stereocenters. The maximum Gasteiger partial charge on any atom is 0.137 e. The summed E-state index contributed by atoms with van der Waals surface area (Å²) >= 11 is 3.00. The molecule has 0 N–H and O–H groups in total. The average Bonchev–Trinajstić information content (AvgIpc) is 1.94. The first-order valence-corrected chi connectivity index (χ1v) is 5.25. The lowest BCUT2D eigenvalue weighted by atomic mass is 10.3. The Kier molecular flexibility index (Phi) is 2.78. The molecule has 0 aliphatic rings. The zero-order chi connectivity index (χ0) is 8.43. The van der Waals surface area contributed by atoms with Crippen LogP contribution in [0.25, 0.3) is 0 Å². The van der Waals surface area contributed by atoms with Crippen LogP contribution in [0.15, 0.2) is 27.6 Å². The molecule has 0 saturated heterocycles. The number of hydrogen-bond donors (Lipinski definition) is 0. The molecule has 11 heavy (non-hydrogen) atoms. The molecule has 0 saturated carbocycles. The van der Waals surface area contributed by atoms with Crippen LogP contribution in [0.2, 0.25) is 0 Å². The highest BCUT2D eigenvalue weighted by molar-refractivity contribution is 9.10. The monoisotopic (exact) mass is 236 g/mol. The third-order valence-corrected chi connectivity index (χ3v) is 2.75. The lowest BCUT2D eigenvalue weighted by molar-refractivity contribution is 0.619. The first-order valence-electron chi connectivity index (χ1n) is 2.90. The van der Waals surface area contributed by atoms with Crippen molar-refractivity contribution in [3.8, 4) is 0 Å². The minimum atomic E-state index is -1.04. The molecule has 60 valence electrons. The average molecular weight is 237 g/mol. The second-order valence-electron chi connectivity index (χ2n) is 2.03. The van der Waals surface area contributed by atoms with Gasteiger partial charge in [-0.3, -0.25) is 4.21 Å². The fraction of sp³-hybridized carbons (Fsp3) is 0.143. The normalized spacial score (nSPS) is 13.0. The molecule has 1 aromatic rings. The molecule has 0 bridgehead atoms. The summed E-state index contributed by atoms with van der Waals surface area (Å²) in [6.07, 6.45) is 1.56. The van der Waals surface area contributed by atoms with Crippen molar-refractivity contribution >= 4 is 26.7 Å². The summed E-state index contributed by atoms with van der Waals surface area (Å²) < 4.78 is 23.8. The van der Waals surface area contributed by atoms with E-state index in [0.29, 0.717) is 9.37 Å². The Hall–Kier alpha value is -0.220. The van der Waals surface area contributed by atoms with E-state index in [1.807, 2.05) is 0 Å². The minimum Gasteiger partial charge on any atom is -0.255 e. The van der Waals surface area contributed by atoms with Crippen molar-refractivity contribution in [3.63, 3.8) is 0 Å². The lowest BCUT2D eigenvalue weighted by Gasteiger charge is -1.97. The Bertz CT molecular complexity index is 300. The van der Waals surface area contributed by atoms with Crippen LogP contribution in [0, 0.1) is 5.82 Å². The van der Waals surface area contributed by atoms with Crippen LogP contribution in [0.1, 0.15) is 0 Å². The van der Waals surface area contributed by atoms with E-state index < -0.39 is 10.8 Å². The Labute approximate surface area is 75.2 Å². The maximum absolute atomic E-state index is 12.6. The van der Waals surface area contributed by atoms with Gasteiger partial charge in [-0.05, 0) is 34.1 Å². The molecule has 1 unspecified atom stereocenters. The Balaban J connectivity index is 3.15. The van der Waals surface area contributed by atoms with Gasteiger partial charge in [0, 0.05) is 22.0 Å². The standard InChI is InChI=1S/C7H6BrFOS/c1-11(10)5-2-3-7(9)6(8)4-5/h2-4H,1H3. The number of benzene rings is 1. The van der Waals surface area contributed by atoms with Gasteiger partial charge in [-0.2, -0.15) is 0 Å². The Morgan fingerprint density at radius 1 is 1.55 bits per heavy atom. The van der Waals surface area contributed by atoms with Crippen molar-refractivity contribution in [2.24, 2.45) is 0 Å². The van der Waals surface area contributed by atoms with E-state index in [2.05, 4.69) is 15.9 Å². The second-order valence-corrected chi connectivity index (χ2v) is 4.26. The van der Waals surface area contributed by atoms with Crippen molar-refractivity contribution in [1.82, 2.24) is 0 Å². The van der Waals surface area contributed by atoms with Gasteiger partial charge in [-0.15, -0.1) is 0 Å². The Morgan fingerprint density at radius 3 is 2.64 bits per heavy atom. The molecule has 0 radical (unpaired) electrons. The predicted octanol–water partition coefficient (Wildman–Crippen LogP) is 2.33. The molecular weight excluding hydrogens is 231 g/mol. The number of halogens is 2. The molecule has 1 aromatic carbocycles. The van der Waals surface area contributed by atoms with E-state index in [-0.39, 0.29) is 5.82 Å². The minimum absolute atomic E-state index is 0.334. The van der Waals surface area contributed by atoms with Gasteiger partial charge >= 0.3 is 0 Å². The first-order chi connectivity index (χ1) is 5.11. The first kappa shape index (κ1) is 8.87. The molecule has 1 rings (SSSR count). The highest BCUT2D eigenvalue weighted by Gasteiger charge is 2.01. The zero-order valence-corrected chi connectivity index (χ0v) is 8.21. The van der Waals surface area contributed by atoms with Gasteiger partial charge in [-0.25, -0.2) is 4.39 Å². The lowest BCUT2D eigenvalue weighted by Crippen LogP contribution is -1.87. The van der Waals surface area contributed by atoms with Gasteiger partial charge in [0.05, 0.1) is 4.47 Å². The van der Waals surface area contributed by atoms with Gasteiger partial charge in [0.1, 0.15) is 5.82 Å². The van der Waals surface area contributed by atoms with Crippen molar-refractivity contribution in [1.29, 1.82) is 0 Å². The predicted molar refractivity (Wildman–Crippen MR) is 46.4 cm³/mol. The van der Waals surface area contributed by atoms with Crippen LogP contribution < -0.4 is 0 Å². The van der Waals surface area contributed by atoms with E-state index in [1.54, 1.807) is 6.26 Å². The third kappa shape index (κ3) is 2.10. The van der Waals surface area contributed by atoms with Crippen molar-refractivity contribution < 1.29 is 8.60 Å². The smallest absolute Gasteiger partial charge is 0.137 e. The van der Waals surface area contributed by atoms with Crippen LogP contribution in [0.4, 0.5) is 4.39 Å². The van der Waals surface area contributed by atoms with Crippen LogP contribution in [0.3, 0.4) is 0 Å². The van der Waals surface area contributed by atoms with Gasteiger partial charge in [0.2, 0.25) is 0 Å². The molecule has 0 amide bonds. The van der Waals surface area contributed by atoms with E-state index >= 15 is 0 Å². The molecule has 1 nitrogen and oxygen atoms in total. The largest absolute Gasteiger partial charge is 0.255 e. The van der Waals surface area contributed by atoms with Crippen molar-refractivity contribution in [2.45, 2.75) is 4.90 Å². The molecule has 0 aliphatic heterocycles. The van der Waals surface area contributed by atoms with Gasteiger partial charge in [0.15, 0.2) is 0 Å². The quantitative estimate of drug-likeness (QED) is 0.732. The highest BCUT2D eigenvalue weighted by atomic mass is 79.9. The second kappa shape index (κ2) is 3.45. The SMILES string of the molecule is CS(=O)c1ccc(F)c(Br)c1. The molecule has 4 heteroatoms. The topological polar surface area (TPSA) is 17.1 Å². The van der Waals surface area contributed by atoms with E-state index in [0.717, 1.165) is 0 Å². The molecule has 0 fully saturated rings. The van der Waals surface area contributed by atoms with E-state index in [1.165, 1.54) is 18.2 Å². The Morgan fingerprint density at radius 2 is 2.18 bits per heavy atom. The van der Waals surface area contributed by atoms with Gasteiger partial charge in [-0.1, -0.05) is 0 Å². The fourth-order valence-corrected chi connectivity index (χ4v) is 1.73. The summed E-state index contributed by atoms with van der Waals surface area (Å²) in [6.45, 7) is 0. The fourth-order valence-electron chi connectivity index (χ4n) is 0.656. The molecular formula is C7H6BrFOS. The van der Waals surface area contributed by atoms with E-state index in [4.69, 9.17) is 0 Å².